The summed E-state index contributed by atoms with van der Waals surface area (Å²) < 4.78 is 5.87. The zero-order valence-electron chi connectivity index (χ0n) is 12.9. The molecule has 0 aliphatic heterocycles. The van der Waals surface area contributed by atoms with Crippen LogP contribution in [0.1, 0.15) is 34.9 Å². The molecule has 3 aromatic rings. The Hall–Kier alpha value is -2.06. The summed E-state index contributed by atoms with van der Waals surface area (Å²) in [5.41, 5.74) is 3.98. The number of hydrogen-bond acceptors (Lipinski definition) is 2. The van der Waals surface area contributed by atoms with Gasteiger partial charge in [0.25, 0.3) is 0 Å². The minimum absolute atomic E-state index is 0.577. The summed E-state index contributed by atoms with van der Waals surface area (Å²) in [6.07, 6.45) is 0. The average Bonchev–Trinajstić information content (AvgIpc) is 2.81. The predicted octanol–water partition coefficient (Wildman–Crippen LogP) is 4.61. The molecule has 0 bridgehead atoms. The molecule has 1 unspecified atom stereocenters. The quantitative estimate of drug-likeness (QED) is 0.743. The van der Waals surface area contributed by atoms with E-state index < -0.39 is 5.60 Å². The molecule has 0 saturated carbocycles. The molecule has 0 fully saturated rings. The van der Waals surface area contributed by atoms with Crippen LogP contribution in [0, 0.1) is 20.8 Å². The first-order chi connectivity index (χ1) is 9.86. The lowest BCUT2D eigenvalue weighted by Gasteiger charge is -2.22. The highest BCUT2D eigenvalue weighted by Crippen LogP contribution is 2.34. The lowest BCUT2D eigenvalue weighted by molar-refractivity contribution is 0.0785. The molecule has 3 rings (SSSR count). The second kappa shape index (κ2) is 4.74. The molecule has 0 aliphatic rings. The number of rotatable bonds is 2. The maximum Gasteiger partial charge on any atom is 0.144 e. The molecule has 1 N–H and O–H groups in total. The number of furan rings is 1. The molecule has 21 heavy (non-hydrogen) atoms. The molecular weight excluding hydrogens is 260 g/mol. The van der Waals surface area contributed by atoms with E-state index >= 15 is 0 Å². The Morgan fingerprint density at radius 1 is 0.857 bits per heavy atom. The van der Waals surface area contributed by atoms with Gasteiger partial charge in [0, 0.05) is 5.39 Å². The van der Waals surface area contributed by atoms with Crippen molar-refractivity contribution in [2.75, 3.05) is 0 Å². The zero-order valence-corrected chi connectivity index (χ0v) is 12.9. The van der Waals surface area contributed by atoms with Crippen LogP contribution < -0.4 is 0 Å². The van der Waals surface area contributed by atoms with E-state index in [0.29, 0.717) is 5.76 Å². The normalized spacial score (nSPS) is 14.3. The van der Waals surface area contributed by atoms with Crippen LogP contribution in [0.5, 0.6) is 0 Å². The molecule has 1 aromatic heterocycles. The van der Waals surface area contributed by atoms with E-state index in [2.05, 4.69) is 12.1 Å². The Bertz CT molecular complexity index is 789. The van der Waals surface area contributed by atoms with Crippen molar-refractivity contribution in [1.29, 1.82) is 0 Å². The van der Waals surface area contributed by atoms with Gasteiger partial charge in [0.2, 0.25) is 0 Å². The number of aryl methyl sites for hydroxylation is 3. The summed E-state index contributed by atoms with van der Waals surface area (Å²) in [7, 11) is 0. The van der Waals surface area contributed by atoms with Gasteiger partial charge in [0.1, 0.15) is 16.9 Å². The summed E-state index contributed by atoms with van der Waals surface area (Å²) >= 11 is 0. The Labute approximate surface area is 125 Å². The van der Waals surface area contributed by atoms with Gasteiger partial charge in [0.05, 0.1) is 0 Å². The monoisotopic (exact) mass is 280 g/mol. The zero-order chi connectivity index (χ0) is 15.2. The predicted molar refractivity (Wildman–Crippen MR) is 85.5 cm³/mol. The molecule has 0 amide bonds. The van der Waals surface area contributed by atoms with Crippen molar-refractivity contribution in [1.82, 2.24) is 0 Å². The van der Waals surface area contributed by atoms with Crippen molar-refractivity contribution in [2.24, 2.45) is 0 Å². The molecule has 2 aromatic carbocycles. The number of hydrogen-bond donors (Lipinski definition) is 1. The van der Waals surface area contributed by atoms with E-state index in [1.54, 1.807) is 6.92 Å². The maximum absolute atomic E-state index is 11.0. The maximum atomic E-state index is 11.0. The van der Waals surface area contributed by atoms with Crippen molar-refractivity contribution in [3.63, 3.8) is 0 Å². The van der Waals surface area contributed by atoms with Crippen LogP contribution >= 0.6 is 0 Å². The molecule has 2 nitrogen and oxygen atoms in total. The first-order valence-electron chi connectivity index (χ1n) is 7.18. The van der Waals surface area contributed by atoms with Crippen LogP contribution in [0.4, 0.5) is 0 Å². The molecule has 0 aliphatic carbocycles. The molecule has 108 valence electrons. The molecule has 0 radical (unpaired) electrons. The van der Waals surface area contributed by atoms with Crippen LogP contribution in [-0.2, 0) is 5.60 Å². The van der Waals surface area contributed by atoms with Crippen LogP contribution in [0.15, 0.2) is 46.9 Å². The van der Waals surface area contributed by atoms with Gasteiger partial charge in [0.15, 0.2) is 0 Å². The molecule has 0 spiro atoms. The fourth-order valence-electron chi connectivity index (χ4n) is 2.80. The van der Waals surface area contributed by atoms with E-state index in [-0.39, 0.29) is 0 Å². The first-order valence-corrected chi connectivity index (χ1v) is 7.18. The average molecular weight is 280 g/mol. The van der Waals surface area contributed by atoms with E-state index in [9.17, 15) is 5.11 Å². The third kappa shape index (κ3) is 2.47. The Morgan fingerprint density at radius 2 is 1.52 bits per heavy atom. The Balaban J connectivity index is 2.14. The highest BCUT2D eigenvalue weighted by molar-refractivity contribution is 5.79. The van der Waals surface area contributed by atoms with Gasteiger partial charge in [-0.2, -0.15) is 0 Å². The van der Waals surface area contributed by atoms with Gasteiger partial charge in [-0.1, -0.05) is 41.0 Å². The standard InChI is InChI=1S/C19H20O2/c1-12-5-6-17-15(8-12)11-18(21-17)19(4,20)16-9-13(2)7-14(3)10-16/h5-11,20H,1-4H3. The van der Waals surface area contributed by atoms with Gasteiger partial charge in [-0.15, -0.1) is 0 Å². The molecular formula is C19H20O2. The van der Waals surface area contributed by atoms with Crippen molar-refractivity contribution < 1.29 is 9.52 Å². The van der Waals surface area contributed by atoms with Gasteiger partial charge in [-0.05, 0) is 51.5 Å². The lowest BCUT2D eigenvalue weighted by atomic mass is 9.90. The van der Waals surface area contributed by atoms with E-state index in [4.69, 9.17) is 4.42 Å². The second-order valence-corrected chi connectivity index (χ2v) is 6.10. The van der Waals surface area contributed by atoms with Gasteiger partial charge >= 0.3 is 0 Å². The molecule has 1 atom stereocenters. The smallest absolute Gasteiger partial charge is 0.144 e. The van der Waals surface area contributed by atoms with Crippen molar-refractivity contribution in [3.8, 4) is 0 Å². The molecule has 2 heteroatoms. The fraction of sp³-hybridized carbons (Fsp3) is 0.263. The Kier molecular flexibility index (Phi) is 3.14. The van der Waals surface area contributed by atoms with E-state index in [0.717, 1.165) is 27.7 Å². The third-order valence-electron chi connectivity index (χ3n) is 3.94. The summed E-state index contributed by atoms with van der Waals surface area (Å²) in [5, 5.41) is 12.0. The van der Waals surface area contributed by atoms with E-state index in [1.165, 1.54) is 5.56 Å². The minimum atomic E-state index is -1.14. The van der Waals surface area contributed by atoms with Crippen LogP contribution in [0.2, 0.25) is 0 Å². The molecule has 0 saturated heterocycles. The fourth-order valence-corrected chi connectivity index (χ4v) is 2.80. The summed E-state index contributed by atoms with van der Waals surface area (Å²) in [6, 6.07) is 14.1. The number of benzene rings is 2. The van der Waals surface area contributed by atoms with E-state index in [1.807, 2.05) is 51.1 Å². The van der Waals surface area contributed by atoms with Crippen molar-refractivity contribution in [2.45, 2.75) is 33.3 Å². The van der Waals surface area contributed by atoms with Crippen molar-refractivity contribution in [3.05, 3.63) is 70.5 Å². The highest BCUT2D eigenvalue weighted by Gasteiger charge is 2.30. The summed E-state index contributed by atoms with van der Waals surface area (Å²) in [4.78, 5) is 0. The first kappa shape index (κ1) is 13.9. The topological polar surface area (TPSA) is 33.4 Å². The lowest BCUT2D eigenvalue weighted by Crippen LogP contribution is -2.22. The summed E-state index contributed by atoms with van der Waals surface area (Å²) in [6.45, 7) is 7.91. The number of aliphatic hydroxyl groups is 1. The molecule has 1 heterocycles. The van der Waals surface area contributed by atoms with Crippen LogP contribution in [0.3, 0.4) is 0 Å². The van der Waals surface area contributed by atoms with Crippen LogP contribution in [0.25, 0.3) is 11.0 Å². The summed E-state index contributed by atoms with van der Waals surface area (Å²) in [5.74, 6) is 0.577. The largest absolute Gasteiger partial charge is 0.458 e. The SMILES string of the molecule is Cc1cc(C)cc(C(C)(O)c2cc3cc(C)ccc3o2)c1. The Morgan fingerprint density at radius 3 is 2.19 bits per heavy atom. The minimum Gasteiger partial charge on any atom is -0.458 e. The second-order valence-electron chi connectivity index (χ2n) is 6.10. The van der Waals surface area contributed by atoms with Gasteiger partial charge in [-0.3, -0.25) is 0 Å². The van der Waals surface area contributed by atoms with Crippen LogP contribution in [-0.4, -0.2) is 5.11 Å². The number of fused-ring (bicyclic) bond motifs is 1. The van der Waals surface area contributed by atoms with Gasteiger partial charge < -0.3 is 9.52 Å². The highest BCUT2D eigenvalue weighted by atomic mass is 16.4. The third-order valence-corrected chi connectivity index (χ3v) is 3.94. The van der Waals surface area contributed by atoms with Crippen molar-refractivity contribution >= 4 is 11.0 Å². The van der Waals surface area contributed by atoms with Gasteiger partial charge in [-0.25, -0.2) is 0 Å².